The van der Waals surface area contributed by atoms with Gasteiger partial charge in [-0.1, -0.05) is 74.8 Å². The number of amides is 1. The van der Waals surface area contributed by atoms with Crippen LogP contribution >= 0.6 is 12.4 Å². The summed E-state index contributed by atoms with van der Waals surface area (Å²) in [4.78, 5) is 12.9. The van der Waals surface area contributed by atoms with E-state index in [1.165, 1.54) is 6.42 Å². The van der Waals surface area contributed by atoms with E-state index >= 15 is 0 Å². The number of aliphatic hydroxyl groups is 1. The largest absolute Gasteiger partial charge is 0.375 e. The Hall–Kier alpha value is -1.54. The first-order valence-electron chi connectivity index (χ1n) is 9.92. The lowest BCUT2D eigenvalue weighted by Crippen LogP contribution is -2.50. The molecule has 0 radical (unpaired) electrons. The number of rotatable bonds is 8. The summed E-state index contributed by atoms with van der Waals surface area (Å²) in [6.45, 7) is 4.01. The van der Waals surface area contributed by atoms with Crippen molar-refractivity contribution in [2.75, 3.05) is 19.6 Å². The first kappa shape index (κ1) is 23.5. The van der Waals surface area contributed by atoms with Crippen LogP contribution in [0.4, 0.5) is 0 Å². The predicted octanol–water partition coefficient (Wildman–Crippen LogP) is 3.39. The van der Waals surface area contributed by atoms with Crippen LogP contribution in [0.3, 0.4) is 0 Å². The van der Waals surface area contributed by atoms with Gasteiger partial charge in [0, 0.05) is 5.92 Å². The van der Waals surface area contributed by atoms with Crippen LogP contribution in [0.5, 0.6) is 0 Å². The molecule has 0 saturated heterocycles. The second-order valence-electron chi connectivity index (χ2n) is 7.03. The molecule has 0 aliphatic heterocycles. The van der Waals surface area contributed by atoms with Crippen LogP contribution in [-0.4, -0.2) is 30.6 Å². The average molecular weight is 393 g/mol. The SMILES string of the molecule is CCCCNCC#CCNC(=O)C(O)(c1ccccc1)C1CCCCC1.Cl. The highest BCUT2D eigenvalue weighted by molar-refractivity contribution is 5.87. The molecule has 1 aromatic carbocycles. The number of nitrogens with one attached hydrogen (secondary N) is 2. The molecule has 1 aromatic rings. The Morgan fingerprint density at radius 1 is 1.15 bits per heavy atom. The lowest BCUT2D eigenvalue weighted by atomic mass is 9.73. The Bertz CT molecular complexity index is 606. The molecule has 1 amide bonds. The zero-order valence-electron chi connectivity index (χ0n) is 16.3. The smallest absolute Gasteiger partial charge is 0.257 e. The number of hydrogen-bond acceptors (Lipinski definition) is 3. The monoisotopic (exact) mass is 392 g/mol. The van der Waals surface area contributed by atoms with Gasteiger partial charge in [0.2, 0.25) is 0 Å². The molecule has 0 bridgehead atoms. The minimum Gasteiger partial charge on any atom is -0.375 e. The van der Waals surface area contributed by atoms with Crippen molar-refractivity contribution in [3.63, 3.8) is 0 Å². The summed E-state index contributed by atoms with van der Waals surface area (Å²) in [6, 6.07) is 9.34. The van der Waals surface area contributed by atoms with Crippen molar-refractivity contribution >= 4 is 18.3 Å². The van der Waals surface area contributed by atoms with E-state index < -0.39 is 5.60 Å². The van der Waals surface area contributed by atoms with Gasteiger partial charge >= 0.3 is 0 Å². The standard InChI is InChI=1S/C22H32N2O2.ClH/c1-2-3-16-23-17-10-11-18-24-21(25)22(26,19-12-6-4-7-13-19)20-14-8-5-9-15-20;/h4,6-7,12-13,20,23,26H,2-3,5,8-9,14-18H2,1H3,(H,24,25);1H. The third-order valence-electron chi connectivity index (χ3n) is 5.14. The van der Waals surface area contributed by atoms with E-state index in [9.17, 15) is 9.90 Å². The summed E-state index contributed by atoms with van der Waals surface area (Å²) >= 11 is 0. The van der Waals surface area contributed by atoms with Crippen molar-refractivity contribution < 1.29 is 9.90 Å². The molecule has 1 fully saturated rings. The van der Waals surface area contributed by atoms with Crippen molar-refractivity contribution in [3.05, 3.63) is 35.9 Å². The van der Waals surface area contributed by atoms with Crippen LogP contribution in [-0.2, 0) is 10.4 Å². The summed E-state index contributed by atoms with van der Waals surface area (Å²) in [5, 5.41) is 17.5. The first-order chi connectivity index (χ1) is 12.7. The van der Waals surface area contributed by atoms with Crippen molar-refractivity contribution in [3.8, 4) is 11.8 Å². The molecule has 1 aliphatic rings. The van der Waals surface area contributed by atoms with Gasteiger partial charge < -0.3 is 15.7 Å². The molecule has 0 heterocycles. The van der Waals surface area contributed by atoms with E-state index in [-0.39, 0.29) is 30.8 Å². The molecule has 1 saturated carbocycles. The van der Waals surface area contributed by atoms with Crippen molar-refractivity contribution in [1.29, 1.82) is 0 Å². The molecule has 1 unspecified atom stereocenters. The number of benzene rings is 1. The van der Waals surface area contributed by atoms with E-state index in [1.54, 1.807) is 0 Å². The van der Waals surface area contributed by atoms with E-state index in [2.05, 4.69) is 29.4 Å². The second kappa shape index (κ2) is 12.8. The van der Waals surface area contributed by atoms with Crippen molar-refractivity contribution in [2.24, 2.45) is 5.92 Å². The van der Waals surface area contributed by atoms with Gasteiger partial charge in [0.15, 0.2) is 5.60 Å². The van der Waals surface area contributed by atoms with Crippen LogP contribution < -0.4 is 10.6 Å². The molecule has 1 atom stereocenters. The number of hydrogen-bond donors (Lipinski definition) is 3. The van der Waals surface area contributed by atoms with Crippen LogP contribution in [0.25, 0.3) is 0 Å². The van der Waals surface area contributed by atoms with E-state index in [1.807, 2.05) is 30.3 Å². The van der Waals surface area contributed by atoms with Gasteiger partial charge in [-0.3, -0.25) is 4.79 Å². The first-order valence-corrected chi connectivity index (χ1v) is 9.92. The fourth-order valence-corrected chi connectivity index (χ4v) is 3.60. The van der Waals surface area contributed by atoms with Crippen molar-refractivity contribution in [2.45, 2.75) is 57.5 Å². The molecule has 0 spiro atoms. The van der Waals surface area contributed by atoms with E-state index in [0.717, 1.165) is 45.1 Å². The lowest BCUT2D eigenvalue weighted by Gasteiger charge is -2.37. The van der Waals surface area contributed by atoms with Gasteiger partial charge in [-0.05, 0) is 31.4 Å². The summed E-state index contributed by atoms with van der Waals surface area (Å²) in [6.07, 6.45) is 7.38. The topological polar surface area (TPSA) is 61.4 Å². The summed E-state index contributed by atoms with van der Waals surface area (Å²) in [5.74, 6) is 5.61. The number of unbranched alkanes of at least 4 members (excludes halogenated alkanes) is 1. The van der Waals surface area contributed by atoms with Crippen LogP contribution in [0, 0.1) is 17.8 Å². The highest BCUT2D eigenvalue weighted by Gasteiger charge is 2.45. The van der Waals surface area contributed by atoms with Crippen molar-refractivity contribution in [1.82, 2.24) is 10.6 Å². The maximum atomic E-state index is 12.9. The Labute approximate surface area is 169 Å². The van der Waals surface area contributed by atoms with Gasteiger partial charge in [-0.2, -0.15) is 0 Å². The zero-order chi connectivity index (χ0) is 18.7. The molecule has 2 rings (SSSR count). The normalized spacial score (nSPS) is 16.4. The fraction of sp³-hybridized carbons (Fsp3) is 0.591. The second-order valence-corrected chi connectivity index (χ2v) is 7.03. The highest BCUT2D eigenvalue weighted by atomic mass is 35.5. The van der Waals surface area contributed by atoms with Gasteiger partial charge in [-0.15, -0.1) is 12.4 Å². The molecular weight excluding hydrogens is 360 g/mol. The quantitative estimate of drug-likeness (QED) is 0.469. The zero-order valence-corrected chi connectivity index (χ0v) is 17.1. The Kier molecular flexibility index (Phi) is 11.1. The summed E-state index contributed by atoms with van der Waals surface area (Å²) in [5.41, 5.74) is -0.790. The number of carbonyl (C=O) groups excluding carboxylic acids is 1. The van der Waals surface area contributed by atoms with Crippen LogP contribution in [0.15, 0.2) is 30.3 Å². The predicted molar refractivity (Wildman–Crippen MR) is 113 cm³/mol. The van der Waals surface area contributed by atoms with Gasteiger partial charge in [-0.25, -0.2) is 0 Å². The molecule has 1 aliphatic carbocycles. The van der Waals surface area contributed by atoms with Crippen LogP contribution in [0.1, 0.15) is 57.4 Å². The Balaban J connectivity index is 0.00000364. The average Bonchev–Trinajstić information content (AvgIpc) is 2.70. The molecule has 5 heteroatoms. The highest BCUT2D eigenvalue weighted by Crippen LogP contribution is 2.39. The Morgan fingerprint density at radius 3 is 2.48 bits per heavy atom. The minimum absolute atomic E-state index is 0. The molecular formula is C22H33ClN2O2. The minimum atomic E-state index is -1.47. The number of halogens is 1. The third kappa shape index (κ3) is 6.84. The molecule has 27 heavy (non-hydrogen) atoms. The van der Waals surface area contributed by atoms with E-state index in [4.69, 9.17) is 0 Å². The fourth-order valence-electron chi connectivity index (χ4n) is 3.60. The Morgan fingerprint density at radius 2 is 1.81 bits per heavy atom. The van der Waals surface area contributed by atoms with Gasteiger partial charge in [0.1, 0.15) is 0 Å². The third-order valence-corrected chi connectivity index (χ3v) is 5.14. The lowest BCUT2D eigenvalue weighted by molar-refractivity contribution is -0.149. The number of carbonyl (C=O) groups is 1. The summed E-state index contributed by atoms with van der Waals surface area (Å²) in [7, 11) is 0. The van der Waals surface area contributed by atoms with Gasteiger partial charge in [0.25, 0.3) is 5.91 Å². The maximum Gasteiger partial charge on any atom is 0.257 e. The van der Waals surface area contributed by atoms with Crippen LogP contribution in [0.2, 0.25) is 0 Å². The molecule has 0 aromatic heterocycles. The van der Waals surface area contributed by atoms with Gasteiger partial charge in [0.05, 0.1) is 13.1 Å². The summed E-state index contributed by atoms with van der Waals surface area (Å²) < 4.78 is 0. The maximum absolute atomic E-state index is 12.9. The molecule has 4 nitrogen and oxygen atoms in total. The van der Waals surface area contributed by atoms with E-state index in [0.29, 0.717) is 12.1 Å². The molecule has 150 valence electrons. The molecule has 3 N–H and O–H groups in total.